The van der Waals surface area contributed by atoms with Crippen molar-refractivity contribution in [2.45, 2.75) is 20.0 Å². The van der Waals surface area contributed by atoms with Gasteiger partial charge in [0.25, 0.3) is 0 Å². The zero-order valence-corrected chi connectivity index (χ0v) is 13.8. The summed E-state index contributed by atoms with van der Waals surface area (Å²) in [5.41, 5.74) is 2.12. The van der Waals surface area contributed by atoms with Crippen LogP contribution in [0.1, 0.15) is 17.1 Å². The normalized spacial score (nSPS) is 11.0. The predicted octanol–water partition coefficient (Wildman–Crippen LogP) is 2.88. The number of benzene rings is 1. The molecule has 1 aromatic heterocycles. The molecule has 0 atom stereocenters. The first kappa shape index (κ1) is 16.1. The van der Waals surface area contributed by atoms with E-state index in [1.165, 1.54) is 12.1 Å². The van der Waals surface area contributed by atoms with Crippen LogP contribution in [-0.2, 0) is 17.8 Å². The number of nitrogens with one attached hydrogen (secondary N) is 1. The lowest BCUT2D eigenvalue weighted by Gasteiger charge is -2.12. The molecule has 4 nitrogen and oxygen atoms in total. The second-order valence-electron chi connectivity index (χ2n) is 4.79. The predicted molar refractivity (Wildman–Crippen MR) is 83.7 cm³/mol. The van der Waals surface area contributed by atoms with Crippen LogP contribution in [0, 0.1) is 12.7 Å². The third kappa shape index (κ3) is 4.36. The van der Waals surface area contributed by atoms with E-state index in [0.29, 0.717) is 13.2 Å². The van der Waals surface area contributed by atoms with E-state index in [9.17, 15) is 4.39 Å². The summed E-state index contributed by atoms with van der Waals surface area (Å²) in [4.78, 5) is 4.36. The number of nitrogens with zero attached hydrogens (tertiary/aromatic N) is 2. The first-order valence-electron chi connectivity index (χ1n) is 6.76. The summed E-state index contributed by atoms with van der Waals surface area (Å²) in [7, 11) is 1.68. The average molecular weight is 356 g/mol. The van der Waals surface area contributed by atoms with Gasteiger partial charge in [-0.2, -0.15) is 0 Å². The van der Waals surface area contributed by atoms with Crippen molar-refractivity contribution in [3.05, 3.63) is 51.8 Å². The van der Waals surface area contributed by atoms with Crippen LogP contribution in [0.2, 0.25) is 0 Å². The van der Waals surface area contributed by atoms with E-state index in [2.05, 4.69) is 30.8 Å². The molecule has 0 aliphatic rings. The van der Waals surface area contributed by atoms with Gasteiger partial charge in [-0.05, 0) is 24.6 Å². The lowest BCUT2D eigenvalue weighted by molar-refractivity contribution is 0.199. The maximum atomic E-state index is 13.2. The van der Waals surface area contributed by atoms with Gasteiger partial charge in [-0.25, -0.2) is 9.37 Å². The highest BCUT2D eigenvalue weighted by Crippen LogP contribution is 2.20. The molecule has 21 heavy (non-hydrogen) atoms. The summed E-state index contributed by atoms with van der Waals surface area (Å²) in [6, 6.07) is 4.75. The van der Waals surface area contributed by atoms with E-state index in [1.54, 1.807) is 13.2 Å². The number of aryl methyl sites for hydroxylation is 1. The van der Waals surface area contributed by atoms with E-state index < -0.39 is 0 Å². The quantitative estimate of drug-likeness (QED) is 0.776. The Hall–Kier alpha value is -1.24. The maximum absolute atomic E-state index is 13.2. The molecule has 6 heteroatoms. The average Bonchev–Trinajstić information content (AvgIpc) is 2.79. The number of hydrogen-bond donors (Lipinski definition) is 1. The Kier molecular flexibility index (Phi) is 5.90. The fourth-order valence-electron chi connectivity index (χ4n) is 2.08. The largest absolute Gasteiger partial charge is 0.383 e. The fraction of sp³-hybridized carbons (Fsp3) is 0.400. The van der Waals surface area contributed by atoms with Crippen LogP contribution in [-0.4, -0.2) is 29.8 Å². The summed E-state index contributed by atoms with van der Waals surface area (Å²) < 4.78 is 21.1. The van der Waals surface area contributed by atoms with Gasteiger partial charge in [0.2, 0.25) is 0 Å². The molecule has 1 aromatic carbocycles. The lowest BCUT2D eigenvalue weighted by atomic mass is 10.2. The van der Waals surface area contributed by atoms with E-state index in [0.717, 1.165) is 34.6 Å². The third-order valence-corrected chi connectivity index (χ3v) is 4.01. The van der Waals surface area contributed by atoms with Gasteiger partial charge in [-0.3, -0.25) is 0 Å². The molecule has 0 amide bonds. The SMILES string of the molecule is COCCNCc1cnc(C)n1Cc1ccc(F)cc1Br. The van der Waals surface area contributed by atoms with Crippen LogP contribution >= 0.6 is 15.9 Å². The van der Waals surface area contributed by atoms with Crippen LogP contribution < -0.4 is 5.32 Å². The van der Waals surface area contributed by atoms with Crippen molar-refractivity contribution >= 4 is 15.9 Å². The molecule has 0 fully saturated rings. The molecule has 2 rings (SSSR count). The standard InChI is InChI=1S/C15H19BrFN3O/c1-11-19-9-14(8-18-5-6-21-2)20(11)10-12-3-4-13(17)7-15(12)16/h3-4,7,9,18H,5-6,8,10H2,1-2H3. The number of imidazole rings is 1. The third-order valence-electron chi connectivity index (χ3n) is 3.27. The molecular weight excluding hydrogens is 337 g/mol. The smallest absolute Gasteiger partial charge is 0.124 e. The molecular formula is C15H19BrFN3O. The Morgan fingerprint density at radius 1 is 1.43 bits per heavy atom. The molecule has 0 aliphatic carbocycles. The van der Waals surface area contributed by atoms with E-state index in [-0.39, 0.29) is 5.82 Å². The Balaban J connectivity index is 2.10. The minimum Gasteiger partial charge on any atom is -0.383 e. The minimum absolute atomic E-state index is 0.241. The molecule has 0 unspecified atom stereocenters. The Labute approximate surface area is 132 Å². The van der Waals surface area contributed by atoms with Gasteiger partial charge in [-0.1, -0.05) is 22.0 Å². The molecule has 114 valence electrons. The van der Waals surface area contributed by atoms with Gasteiger partial charge < -0.3 is 14.6 Å². The van der Waals surface area contributed by atoms with Crippen molar-refractivity contribution < 1.29 is 9.13 Å². The summed E-state index contributed by atoms with van der Waals surface area (Å²) in [6.07, 6.45) is 1.87. The molecule has 1 N–H and O–H groups in total. The van der Waals surface area contributed by atoms with Crippen LogP contribution in [0.15, 0.2) is 28.9 Å². The molecule has 0 radical (unpaired) electrons. The summed E-state index contributed by atoms with van der Waals surface area (Å²) in [5, 5.41) is 3.31. The first-order valence-corrected chi connectivity index (χ1v) is 7.55. The van der Waals surface area contributed by atoms with Crippen molar-refractivity contribution in [1.29, 1.82) is 0 Å². The highest BCUT2D eigenvalue weighted by atomic mass is 79.9. The molecule has 0 spiro atoms. The maximum Gasteiger partial charge on any atom is 0.124 e. The van der Waals surface area contributed by atoms with Gasteiger partial charge in [0.1, 0.15) is 11.6 Å². The van der Waals surface area contributed by atoms with Gasteiger partial charge in [-0.15, -0.1) is 0 Å². The number of aromatic nitrogens is 2. The van der Waals surface area contributed by atoms with Crippen LogP contribution in [0.5, 0.6) is 0 Å². The highest BCUT2D eigenvalue weighted by molar-refractivity contribution is 9.10. The van der Waals surface area contributed by atoms with Crippen LogP contribution in [0.25, 0.3) is 0 Å². The topological polar surface area (TPSA) is 39.1 Å². The molecule has 2 aromatic rings. The number of methoxy groups -OCH3 is 1. The molecule has 0 bridgehead atoms. The van der Waals surface area contributed by atoms with Crippen molar-refractivity contribution in [2.24, 2.45) is 0 Å². The number of halogens is 2. The molecule has 0 aliphatic heterocycles. The van der Waals surface area contributed by atoms with Gasteiger partial charge in [0.15, 0.2) is 0 Å². The summed E-state index contributed by atoms with van der Waals surface area (Å²) in [5.74, 6) is 0.698. The first-order chi connectivity index (χ1) is 10.1. The van der Waals surface area contributed by atoms with Crippen molar-refractivity contribution in [3.63, 3.8) is 0 Å². The van der Waals surface area contributed by atoms with Crippen molar-refractivity contribution in [1.82, 2.24) is 14.9 Å². The Morgan fingerprint density at radius 2 is 2.24 bits per heavy atom. The monoisotopic (exact) mass is 355 g/mol. The van der Waals surface area contributed by atoms with E-state index in [1.807, 2.05) is 13.1 Å². The molecule has 0 saturated carbocycles. The number of rotatable bonds is 7. The van der Waals surface area contributed by atoms with Gasteiger partial charge in [0.05, 0.1) is 18.8 Å². The van der Waals surface area contributed by atoms with Crippen LogP contribution in [0.3, 0.4) is 0 Å². The molecule has 0 saturated heterocycles. The lowest BCUT2D eigenvalue weighted by Crippen LogP contribution is -2.21. The molecule has 1 heterocycles. The van der Waals surface area contributed by atoms with Crippen molar-refractivity contribution in [2.75, 3.05) is 20.3 Å². The second kappa shape index (κ2) is 7.68. The van der Waals surface area contributed by atoms with Crippen LogP contribution in [0.4, 0.5) is 4.39 Å². The number of hydrogen-bond acceptors (Lipinski definition) is 3. The van der Waals surface area contributed by atoms with Crippen molar-refractivity contribution in [3.8, 4) is 0 Å². The Morgan fingerprint density at radius 3 is 2.95 bits per heavy atom. The minimum atomic E-state index is -0.241. The van der Waals surface area contributed by atoms with E-state index in [4.69, 9.17) is 4.74 Å². The highest BCUT2D eigenvalue weighted by Gasteiger charge is 2.09. The van der Waals surface area contributed by atoms with Gasteiger partial charge >= 0.3 is 0 Å². The Bertz CT molecular complexity index is 601. The zero-order valence-electron chi connectivity index (χ0n) is 12.2. The fourth-order valence-corrected chi connectivity index (χ4v) is 2.56. The van der Waals surface area contributed by atoms with Gasteiger partial charge in [0, 0.05) is 30.9 Å². The summed E-state index contributed by atoms with van der Waals surface area (Å²) >= 11 is 3.41. The number of ether oxygens (including phenoxy) is 1. The summed E-state index contributed by atoms with van der Waals surface area (Å²) in [6.45, 7) is 4.82. The second-order valence-corrected chi connectivity index (χ2v) is 5.64. The van der Waals surface area contributed by atoms with E-state index >= 15 is 0 Å². The zero-order chi connectivity index (χ0) is 15.2.